The molecular formula is C42H46O22. The third-order valence-electron chi connectivity index (χ3n) is 10.9. The van der Waals surface area contributed by atoms with Crippen LogP contribution in [0.5, 0.6) is 34.5 Å². The Labute approximate surface area is 361 Å². The number of fused-ring (bicyclic) bond motifs is 1. The summed E-state index contributed by atoms with van der Waals surface area (Å²) in [6.45, 7) is 2.05. The summed E-state index contributed by atoms with van der Waals surface area (Å²) in [4.78, 5) is 26.9. The van der Waals surface area contributed by atoms with Crippen LogP contribution in [-0.2, 0) is 28.5 Å². The molecular weight excluding hydrogens is 856 g/mol. The van der Waals surface area contributed by atoms with Gasteiger partial charge in [0.1, 0.15) is 89.8 Å². The molecule has 0 bridgehead atoms. The smallest absolute Gasteiger partial charge is 0.330 e. The van der Waals surface area contributed by atoms with Crippen molar-refractivity contribution in [2.24, 2.45) is 0 Å². The van der Waals surface area contributed by atoms with Crippen LogP contribution in [0.3, 0.4) is 0 Å². The number of rotatable bonds is 11. The summed E-state index contributed by atoms with van der Waals surface area (Å²) >= 11 is 0. The Morgan fingerprint density at radius 3 is 1.98 bits per heavy atom. The predicted molar refractivity (Wildman–Crippen MR) is 213 cm³/mol. The summed E-state index contributed by atoms with van der Waals surface area (Å²) in [6.07, 6.45) is -23.2. The highest BCUT2D eigenvalue weighted by molar-refractivity contribution is 5.88. The standard InChI is InChI=1S/C42H46O22/c1-15-28(48)32(52)35(55)40(58-15)60-20-12-23(46)27-24(13-20)61-37(18-5-7-19(43)8-6-18)38(31(27)51)63-42-39(34(54)29(49)16(2)59-42)64-41-36(56)33(53)30(50)25(62-41)14-57-26(47)10-4-17-3-9-21(44)22(45)11-17/h3-13,15-16,25,28-30,32-36,39-46,48-50,52-56H,14H2,1-2H3/t15-,16-,25+,28-,29-,30+,32+,33-,34+,35+,36+,39+,40-,41-,42-/m0/s1. The molecule has 3 fully saturated rings. The maximum atomic E-state index is 14.4. The Balaban J connectivity index is 1.17. The van der Waals surface area contributed by atoms with Crippen LogP contribution in [0.25, 0.3) is 28.4 Å². The van der Waals surface area contributed by atoms with Gasteiger partial charge in [-0.15, -0.1) is 0 Å². The van der Waals surface area contributed by atoms with Crippen LogP contribution in [0, 0.1) is 0 Å². The number of aromatic hydroxyl groups is 4. The van der Waals surface area contributed by atoms with Gasteiger partial charge in [-0.05, 0) is 61.9 Å². The Bertz CT molecular complexity index is 2390. The summed E-state index contributed by atoms with van der Waals surface area (Å²) in [6, 6.07) is 11.1. The maximum absolute atomic E-state index is 14.4. The largest absolute Gasteiger partial charge is 0.508 e. The SMILES string of the molecule is C[C@@H]1O[C@@H](Oc2cc(O)c3c(=O)c(O[C@@H]4O[C@@H](C)[C@H](O)[C@@H](O)[C@H]4O[C@@H]4O[C@H](COC(=O)C=Cc5ccc(O)c(O)c5)[C@@H](O)[C@H](O)[C@H]4O)c(-c4ccc(O)cc4)oc3c2)[C@H](O)[C@H](O)[C@H]1O. The highest BCUT2D eigenvalue weighted by Gasteiger charge is 2.51. The van der Waals surface area contributed by atoms with E-state index in [1.807, 2.05) is 0 Å². The van der Waals surface area contributed by atoms with Gasteiger partial charge in [-0.1, -0.05) is 6.07 Å². The first-order chi connectivity index (χ1) is 30.3. The minimum absolute atomic E-state index is 0.105. The lowest BCUT2D eigenvalue weighted by Gasteiger charge is -2.45. The number of aliphatic hydroxyl groups excluding tert-OH is 8. The molecule has 3 aliphatic heterocycles. The number of aliphatic hydroxyl groups is 8. The molecule has 4 heterocycles. The van der Waals surface area contributed by atoms with E-state index >= 15 is 0 Å². The highest BCUT2D eigenvalue weighted by Crippen LogP contribution is 2.39. The second-order valence-corrected chi connectivity index (χ2v) is 15.4. The van der Waals surface area contributed by atoms with E-state index in [9.17, 15) is 70.9 Å². The number of esters is 1. The Morgan fingerprint density at radius 2 is 1.30 bits per heavy atom. The van der Waals surface area contributed by atoms with Gasteiger partial charge in [0.05, 0.1) is 12.2 Å². The van der Waals surface area contributed by atoms with E-state index in [2.05, 4.69) is 0 Å². The van der Waals surface area contributed by atoms with Gasteiger partial charge in [-0.3, -0.25) is 4.79 Å². The third kappa shape index (κ3) is 9.44. The average molecular weight is 903 g/mol. The molecule has 0 saturated carbocycles. The molecule has 22 heteroatoms. The van der Waals surface area contributed by atoms with Gasteiger partial charge < -0.3 is 98.9 Å². The highest BCUT2D eigenvalue weighted by atomic mass is 16.8. The zero-order valence-electron chi connectivity index (χ0n) is 33.7. The predicted octanol–water partition coefficient (Wildman–Crippen LogP) is -1.22. The Kier molecular flexibility index (Phi) is 13.7. The van der Waals surface area contributed by atoms with Crippen molar-refractivity contribution in [3.8, 4) is 45.8 Å². The number of carbonyl (C=O) groups is 1. The van der Waals surface area contributed by atoms with Crippen molar-refractivity contribution < 1.29 is 104 Å². The van der Waals surface area contributed by atoms with Gasteiger partial charge in [0.25, 0.3) is 0 Å². The molecule has 0 spiro atoms. The molecule has 0 aliphatic carbocycles. The van der Waals surface area contributed by atoms with Crippen molar-refractivity contribution in [3.05, 3.63) is 76.5 Å². The van der Waals surface area contributed by atoms with Crippen LogP contribution in [-0.4, -0.2) is 166 Å². The van der Waals surface area contributed by atoms with Crippen LogP contribution in [0.1, 0.15) is 19.4 Å². The fourth-order valence-corrected chi connectivity index (χ4v) is 7.18. The summed E-state index contributed by atoms with van der Waals surface area (Å²) in [5.74, 6) is -3.95. The molecule has 3 aromatic carbocycles. The van der Waals surface area contributed by atoms with E-state index in [1.54, 1.807) is 0 Å². The molecule has 0 unspecified atom stereocenters. The summed E-state index contributed by atoms with van der Waals surface area (Å²) < 4.78 is 45.9. The minimum Gasteiger partial charge on any atom is -0.508 e. The fourth-order valence-electron chi connectivity index (χ4n) is 7.18. The number of benzene rings is 3. The quantitative estimate of drug-likeness (QED) is 0.0477. The summed E-state index contributed by atoms with van der Waals surface area (Å²) in [5, 5.41) is 125. The van der Waals surface area contributed by atoms with E-state index in [-0.39, 0.29) is 34.2 Å². The first-order valence-corrected chi connectivity index (χ1v) is 19.7. The molecule has 0 amide bonds. The van der Waals surface area contributed by atoms with Gasteiger partial charge in [-0.2, -0.15) is 0 Å². The molecule has 7 rings (SSSR count). The molecule has 12 N–H and O–H groups in total. The second-order valence-electron chi connectivity index (χ2n) is 15.4. The lowest BCUT2D eigenvalue weighted by Crippen LogP contribution is -2.64. The molecule has 3 saturated heterocycles. The monoisotopic (exact) mass is 902 g/mol. The molecule has 3 aliphatic rings. The molecule has 0 radical (unpaired) electrons. The molecule has 346 valence electrons. The molecule has 22 nitrogen and oxygen atoms in total. The number of carbonyl (C=O) groups excluding carboxylic acids is 1. The molecule has 15 atom stereocenters. The van der Waals surface area contributed by atoms with E-state index in [0.29, 0.717) is 5.56 Å². The average Bonchev–Trinajstić information content (AvgIpc) is 3.26. The number of phenolic OH excluding ortho intramolecular Hbond substituents is 4. The number of phenols is 4. The van der Waals surface area contributed by atoms with Gasteiger partial charge in [0.15, 0.2) is 29.7 Å². The van der Waals surface area contributed by atoms with Crippen LogP contribution in [0.15, 0.2) is 69.9 Å². The number of hydrogen-bond acceptors (Lipinski definition) is 22. The molecule has 1 aromatic heterocycles. The van der Waals surface area contributed by atoms with E-state index in [1.165, 1.54) is 62.4 Å². The summed E-state index contributed by atoms with van der Waals surface area (Å²) in [7, 11) is 0. The lowest BCUT2D eigenvalue weighted by atomic mass is 9.97. The number of hydrogen-bond donors (Lipinski definition) is 12. The van der Waals surface area contributed by atoms with Crippen molar-refractivity contribution >= 4 is 23.0 Å². The first kappa shape index (κ1) is 46.4. The van der Waals surface area contributed by atoms with E-state index in [4.69, 9.17) is 37.6 Å². The second kappa shape index (κ2) is 18.9. The van der Waals surface area contributed by atoms with Crippen molar-refractivity contribution in [1.82, 2.24) is 0 Å². The zero-order valence-corrected chi connectivity index (χ0v) is 33.7. The van der Waals surface area contributed by atoms with Crippen molar-refractivity contribution in [2.45, 2.75) is 106 Å². The van der Waals surface area contributed by atoms with Crippen molar-refractivity contribution in [2.75, 3.05) is 6.61 Å². The third-order valence-corrected chi connectivity index (χ3v) is 10.9. The Morgan fingerprint density at radius 1 is 0.656 bits per heavy atom. The van der Waals surface area contributed by atoms with Crippen molar-refractivity contribution in [3.63, 3.8) is 0 Å². The zero-order chi connectivity index (χ0) is 46.3. The normalized spacial score (nSPS) is 33.2. The van der Waals surface area contributed by atoms with E-state index < -0.39 is 133 Å². The molecule has 4 aromatic rings. The first-order valence-electron chi connectivity index (χ1n) is 19.7. The fraction of sp³-hybridized carbons (Fsp3) is 0.429. The van der Waals surface area contributed by atoms with Crippen LogP contribution in [0.2, 0.25) is 0 Å². The van der Waals surface area contributed by atoms with Crippen molar-refractivity contribution in [1.29, 1.82) is 0 Å². The van der Waals surface area contributed by atoms with E-state index in [0.717, 1.165) is 18.2 Å². The molecule has 64 heavy (non-hydrogen) atoms. The summed E-state index contributed by atoms with van der Waals surface area (Å²) in [5.41, 5.74) is -0.943. The van der Waals surface area contributed by atoms with Crippen LogP contribution >= 0.6 is 0 Å². The van der Waals surface area contributed by atoms with Crippen LogP contribution < -0.4 is 14.9 Å². The number of ether oxygens (including phenoxy) is 7. The maximum Gasteiger partial charge on any atom is 0.330 e. The van der Waals surface area contributed by atoms with Gasteiger partial charge >= 0.3 is 5.97 Å². The van der Waals surface area contributed by atoms with Gasteiger partial charge in [-0.25, -0.2) is 4.79 Å². The topological polar surface area (TPSA) is 355 Å². The van der Waals surface area contributed by atoms with Gasteiger partial charge in [0.2, 0.25) is 23.8 Å². The Hall–Kier alpha value is -5.60. The lowest BCUT2D eigenvalue weighted by molar-refractivity contribution is -0.355. The van der Waals surface area contributed by atoms with Gasteiger partial charge in [0, 0.05) is 23.8 Å². The minimum atomic E-state index is -2.04. The van der Waals surface area contributed by atoms with Crippen LogP contribution in [0.4, 0.5) is 0 Å².